The van der Waals surface area contributed by atoms with Crippen molar-refractivity contribution in [3.05, 3.63) is 72.6 Å². The Kier molecular flexibility index (Phi) is 12.4. The van der Waals surface area contributed by atoms with Crippen LogP contribution < -0.4 is 4.74 Å². The molecule has 0 spiro atoms. The molecule has 3 aromatic rings. The van der Waals surface area contributed by atoms with E-state index >= 15 is 0 Å². The number of nitrogens with zero attached hydrogens (tertiary/aromatic N) is 3. The van der Waals surface area contributed by atoms with Gasteiger partial charge in [-0.2, -0.15) is 8.78 Å². The number of rotatable bonds is 10. The van der Waals surface area contributed by atoms with Crippen molar-refractivity contribution in [1.29, 1.82) is 0 Å². The van der Waals surface area contributed by atoms with E-state index in [0.29, 0.717) is 30.4 Å². The van der Waals surface area contributed by atoms with Gasteiger partial charge >= 0.3 is 6.11 Å². The number of carbonyl (C=O) groups excluding carboxylic acids is 1. The minimum absolute atomic E-state index is 0.0728. The summed E-state index contributed by atoms with van der Waals surface area (Å²) >= 11 is 0. The van der Waals surface area contributed by atoms with E-state index in [2.05, 4.69) is 21.4 Å². The molecule has 2 aromatic carbocycles. The highest BCUT2D eigenvalue weighted by molar-refractivity contribution is 5.76. The van der Waals surface area contributed by atoms with E-state index in [9.17, 15) is 13.6 Å². The number of ether oxygens (including phenoxy) is 1. The van der Waals surface area contributed by atoms with Crippen LogP contribution in [0.15, 0.2) is 61.2 Å². The predicted octanol–water partition coefficient (Wildman–Crippen LogP) is 7.69. The van der Waals surface area contributed by atoms with Gasteiger partial charge in [0.25, 0.3) is 0 Å². The number of aryl methyl sites for hydroxylation is 1. The lowest BCUT2D eigenvalue weighted by atomic mass is 10.1. The van der Waals surface area contributed by atoms with E-state index in [1.807, 2.05) is 33.8 Å². The minimum Gasteiger partial charge on any atom is -0.433 e. The first-order chi connectivity index (χ1) is 16.4. The highest BCUT2D eigenvalue weighted by atomic mass is 19.3. The SMILES string of the molecule is C=CCCCCc1nc(-c2ccc(C=O)cc2)nn1-c1ccc(OC(C)(F)F)cc1.CC.CC. The molecule has 34 heavy (non-hydrogen) atoms. The lowest BCUT2D eigenvalue weighted by molar-refractivity contribution is -0.158. The van der Waals surface area contributed by atoms with Crippen LogP contribution >= 0.6 is 0 Å². The molecular formula is C27H35F2N3O2. The molecule has 0 aliphatic carbocycles. The molecule has 0 bridgehead atoms. The first-order valence-corrected chi connectivity index (χ1v) is 11.7. The standard InChI is InChI=1S/C23H23F2N3O2.2C2H6/c1-3-4-5-6-7-21-26-22(18-10-8-17(16-29)9-11-18)27-28(21)19-12-14-20(15-13-19)30-23(2,24)25;2*1-2/h3,8-16H,1,4-7H2,2H3;2*1-2H3. The Bertz CT molecular complexity index is 992. The van der Waals surface area contributed by atoms with E-state index in [-0.39, 0.29) is 5.75 Å². The number of aldehydes is 1. The summed E-state index contributed by atoms with van der Waals surface area (Å²) < 4.78 is 32.4. The Hall–Kier alpha value is -3.35. The number of aromatic nitrogens is 3. The summed E-state index contributed by atoms with van der Waals surface area (Å²) in [5.41, 5.74) is 2.06. The normalized spacial score (nSPS) is 10.3. The van der Waals surface area contributed by atoms with Crippen LogP contribution in [0.2, 0.25) is 0 Å². The molecule has 1 aromatic heterocycles. The zero-order chi connectivity index (χ0) is 25.6. The van der Waals surface area contributed by atoms with Gasteiger partial charge in [-0.15, -0.1) is 11.7 Å². The molecule has 0 unspecified atom stereocenters. The molecule has 0 N–H and O–H groups in total. The van der Waals surface area contributed by atoms with Gasteiger partial charge in [-0.1, -0.05) is 58.0 Å². The Morgan fingerprint density at radius 2 is 1.62 bits per heavy atom. The fourth-order valence-electron chi connectivity index (χ4n) is 2.98. The smallest absolute Gasteiger partial charge is 0.394 e. The van der Waals surface area contributed by atoms with E-state index in [1.54, 1.807) is 41.1 Å². The van der Waals surface area contributed by atoms with Gasteiger partial charge in [0, 0.05) is 24.5 Å². The summed E-state index contributed by atoms with van der Waals surface area (Å²) in [6.07, 6.45) is 2.95. The van der Waals surface area contributed by atoms with Gasteiger partial charge in [0.1, 0.15) is 17.9 Å². The molecule has 7 heteroatoms. The maximum absolute atomic E-state index is 13.1. The van der Waals surface area contributed by atoms with Crippen LogP contribution in [0.4, 0.5) is 8.78 Å². The van der Waals surface area contributed by atoms with E-state index in [0.717, 1.165) is 36.9 Å². The Morgan fingerprint density at radius 1 is 1.00 bits per heavy atom. The summed E-state index contributed by atoms with van der Waals surface area (Å²) in [7, 11) is 0. The Balaban J connectivity index is 0.00000137. The van der Waals surface area contributed by atoms with Gasteiger partial charge < -0.3 is 4.74 Å². The molecule has 5 nitrogen and oxygen atoms in total. The van der Waals surface area contributed by atoms with Crippen molar-refractivity contribution in [2.45, 2.75) is 66.4 Å². The van der Waals surface area contributed by atoms with Crippen LogP contribution in [0.25, 0.3) is 17.1 Å². The zero-order valence-corrected chi connectivity index (χ0v) is 20.7. The fraction of sp³-hybridized carbons (Fsp3) is 0.370. The number of hydrogen-bond donors (Lipinski definition) is 0. The van der Waals surface area contributed by atoms with Gasteiger partial charge in [0.15, 0.2) is 5.82 Å². The molecule has 0 fully saturated rings. The zero-order valence-electron chi connectivity index (χ0n) is 20.7. The van der Waals surface area contributed by atoms with Crippen molar-refractivity contribution in [1.82, 2.24) is 14.8 Å². The first kappa shape index (κ1) is 28.7. The maximum Gasteiger partial charge on any atom is 0.394 e. The molecule has 184 valence electrons. The molecule has 1 heterocycles. The van der Waals surface area contributed by atoms with Crippen LogP contribution in [0.1, 0.15) is 70.1 Å². The number of carbonyl (C=O) groups is 1. The number of allylic oxidation sites excluding steroid dienone is 1. The Labute approximate surface area is 201 Å². The fourth-order valence-corrected chi connectivity index (χ4v) is 2.98. The van der Waals surface area contributed by atoms with Crippen LogP contribution in [0, 0.1) is 0 Å². The molecule has 0 amide bonds. The number of halogens is 2. The summed E-state index contributed by atoms with van der Waals surface area (Å²) in [6.45, 7) is 12.4. The summed E-state index contributed by atoms with van der Waals surface area (Å²) in [5.74, 6) is 1.37. The number of alkyl halides is 2. The van der Waals surface area contributed by atoms with Crippen molar-refractivity contribution in [3.8, 4) is 22.8 Å². The van der Waals surface area contributed by atoms with Crippen molar-refractivity contribution in [2.24, 2.45) is 0 Å². The third-order valence-electron chi connectivity index (χ3n) is 4.42. The van der Waals surface area contributed by atoms with Gasteiger partial charge in [-0.05, 0) is 43.5 Å². The minimum atomic E-state index is -3.24. The molecule has 0 atom stereocenters. The lowest BCUT2D eigenvalue weighted by Gasteiger charge is -2.13. The third-order valence-corrected chi connectivity index (χ3v) is 4.42. The van der Waals surface area contributed by atoms with Gasteiger partial charge in [0.05, 0.1) is 5.69 Å². The molecule has 0 saturated carbocycles. The summed E-state index contributed by atoms with van der Waals surface area (Å²) in [6, 6.07) is 13.3. The molecule has 0 aliphatic heterocycles. The van der Waals surface area contributed by atoms with Gasteiger partial charge in [0.2, 0.25) is 0 Å². The lowest BCUT2D eigenvalue weighted by Crippen LogP contribution is -2.19. The number of benzene rings is 2. The number of hydrogen-bond acceptors (Lipinski definition) is 4. The van der Waals surface area contributed by atoms with Crippen molar-refractivity contribution >= 4 is 6.29 Å². The second-order valence-corrected chi connectivity index (χ2v) is 6.94. The van der Waals surface area contributed by atoms with Crippen molar-refractivity contribution in [2.75, 3.05) is 0 Å². The molecule has 0 saturated heterocycles. The maximum atomic E-state index is 13.1. The third kappa shape index (κ3) is 8.89. The quantitative estimate of drug-likeness (QED) is 0.173. The highest BCUT2D eigenvalue weighted by Crippen LogP contribution is 2.24. The molecule has 0 aliphatic rings. The molecule has 0 radical (unpaired) electrons. The van der Waals surface area contributed by atoms with E-state index < -0.39 is 6.11 Å². The van der Waals surface area contributed by atoms with E-state index in [4.69, 9.17) is 0 Å². The van der Waals surface area contributed by atoms with Crippen LogP contribution in [-0.4, -0.2) is 27.2 Å². The first-order valence-electron chi connectivity index (χ1n) is 11.7. The largest absolute Gasteiger partial charge is 0.433 e. The van der Waals surface area contributed by atoms with Gasteiger partial charge in [-0.25, -0.2) is 9.67 Å². The van der Waals surface area contributed by atoms with Crippen LogP contribution in [-0.2, 0) is 6.42 Å². The second kappa shape index (κ2) is 14.7. The topological polar surface area (TPSA) is 57.0 Å². The monoisotopic (exact) mass is 471 g/mol. The average molecular weight is 472 g/mol. The number of unbranched alkanes of at least 4 members (excludes halogenated alkanes) is 2. The van der Waals surface area contributed by atoms with Crippen LogP contribution in [0.5, 0.6) is 5.75 Å². The van der Waals surface area contributed by atoms with Crippen molar-refractivity contribution in [3.63, 3.8) is 0 Å². The van der Waals surface area contributed by atoms with Gasteiger partial charge in [-0.3, -0.25) is 4.79 Å². The molecule has 3 rings (SSSR count). The predicted molar refractivity (Wildman–Crippen MR) is 134 cm³/mol. The Morgan fingerprint density at radius 3 is 2.15 bits per heavy atom. The average Bonchev–Trinajstić information content (AvgIpc) is 3.28. The summed E-state index contributed by atoms with van der Waals surface area (Å²) in [5, 5.41) is 4.62. The van der Waals surface area contributed by atoms with E-state index in [1.165, 1.54) is 12.1 Å². The highest BCUT2D eigenvalue weighted by Gasteiger charge is 2.23. The van der Waals surface area contributed by atoms with Crippen molar-refractivity contribution < 1.29 is 18.3 Å². The molecular weight excluding hydrogens is 436 g/mol. The second-order valence-electron chi connectivity index (χ2n) is 6.94. The summed E-state index contributed by atoms with van der Waals surface area (Å²) in [4.78, 5) is 15.6. The van der Waals surface area contributed by atoms with Crippen LogP contribution in [0.3, 0.4) is 0 Å².